The molecule has 0 saturated heterocycles. The maximum atomic E-state index is 11.8. The van der Waals surface area contributed by atoms with E-state index >= 15 is 0 Å². The molecule has 0 atom stereocenters. The molecule has 0 aliphatic rings. The Balaban J connectivity index is 1.82. The second-order valence-corrected chi connectivity index (χ2v) is 5.39. The molecular formula is C15H13Cl2N3O2. The molecule has 1 heterocycles. The molecule has 22 heavy (non-hydrogen) atoms. The summed E-state index contributed by atoms with van der Waals surface area (Å²) in [5.74, 6) is -0.823. The van der Waals surface area contributed by atoms with Gasteiger partial charge in [0.15, 0.2) is 0 Å². The molecule has 0 unspecified atom stereocenters. The molecule has 1 aromatic carbocycles. The standard InChI is InChI=1S/C15H13Cl2N3O2/c16-11-4-12(17)6-13(5-11)20-15(22)7-14(21)19-9-10-2-1-3-18-8-10/h1-6,8H,7,9H2,(H,19,21)(H,20,22). The van der Waals surface area contributed by atoms with E-state index in [0.717, 1.165) is 5.56 Å². The number of anilines is 1. The van der Waals surface area contributed by atoms with Crippen LogP contribution in [-0.4, -0.2) is 16.8 Å². The van der Waals surface area contributed by atoms with Gasteiger partial charge in [0.25, 0.3) is 0 Å². The zero-order valence-electron chi connectivity index (χ0n) is 11.5. The molecule has 1 aromatic heterocycles. The first kappa shape index (κ1) is 16.3. The molecular weight excluding hydrogens is 325 g/mol. The van der Waals surface area contributed by atoms with Crippen LogP contribution < -0.4 is 10.6 Å². The second-order valence-electron chi connectivity index (χ2n) is 4.52. The van der Waals surface area contributed by atoms with Gasteiger partial charge in [-0.2, -0.15) is 0 Å². The van der Waals surface area contributed by atoms with Crippen molar-refractivity contribution in [1.29, 1.82) is 0 Å². The SMILES string of the molecule is O=C(CC(=O)Nc1cc(Cl)cc(Cl)c1)NCc1cccnc1. The van der Waals surface area contributed by atoms with E-state index in [1.807, 2.05) is 6.07 Å². The minimum atomic E-state index is -0.443. The highest BCUT2D eigenvalue weighted by Crippen LogP contribution is 2.22. The Kier molecular flexibility index (Phi) is 5.75. The van der Waals surface area contributed by atoms with Gasteiger partial charge in [-0.3, -0.25) is 14.6 Å². The summed E-state index contributed by atoms with van der Waals surface area (Å²) in [7, 11) is 0. The monoisotopic (exact) mass is 337 g/mol. The quantitative estimate of drug-likeness (QED) is 0.823. The molecule has 0 aliphatic carbocycles. The molecule has 7 heteroatoms. The summed E-state index contributed by atoms with van der Waals surface area (Å²) >= 11 is 11.7. The van der Waals surface area contributed by atoms with Gasteiger partial charge in [0.05, 0.1) is 0 Å². The van der Waals surface area contributed by atoms with Gasteiger partial charge in [0.2, 0.25) is 11.8 Å². The Hall–Kier alpha value is -2.11. The number of aromatic nitrogens is 1. The van der Waals surface area contributed by atoms with Crippen LogP contribution in [0.2, 0.25) is 10.0 Å². The van der Waals surface area contributed by atoms with Crippen molar-refractivity contribution in [2.24, 2.45) is 0 Å². The van der Waals surface area contributed by atoms with E-state index < -0.39 is 5.91 Å². The van der Waals surface area contributed by atoms with Crippen LogP contribution >= 0.6 is 23.2 Å². The summed E-state index contributed by atoms with van der Waals surface area (Å²) < 4.78 is 0. The highest BCUT2D eigenvalue weighted by atomic mass is 35.5. The summed E-state index contributed by atoms with van der Waals surface area (Å²) in [6.07, 6.45) is 3.01. The Morgan fingerprint density at radius 1 is 1.09 bits per heavy atom. The van der Waals surface area contributed by atoms with Crippen LogP contribution in [-0.2, 0) is 16.1 Å². The molecule has 5 nitrogen and oxygen atoms in total. The Morgan fingerprint density at radius 2 is 1.82 bits per heavy atom. The van der Waals surface area contributed by atoms with Crippen molar-refractivity contribution in [2.75, 3.05) is 5.32 Å². The fourth-order valence-electron chi connectivity index (χ4n) is 1.74. The van der Waals surface area contributed by atoms with Crippen LogP contribution in [0.4, 0.5) is 5.69 Å². The molecule has 2 rings (SSSR count). The molecule has 2 N–H and O–H groups in total. The summed E-state index contributed by atoms with van der Waals surface area (Å²) in [6.45, 7) is 0.322. The molecule has 0 spiro atoms. The summed E-state index contributed by atoms with van der Waals surface area (Å²) in [4.78, 5) is 27.4. The smallest absolute Gasteiger partial charge is 0.233 e. The number of nitrogens with one attached hydrogen (secondary N) is 2. The van der Waals surface area contributed by atoms with E-state index in [1.54, 1.807) is 36.7 Å². The third-order valence-corrected chi connectivity index (χ3v) is 3.12. The fourth-order valence-corrected chi connectivity index (χ4v) is 2.27. The van der Waals surface area contributed by atoms with Crippen molar-refractivity contribution in [1.82, 2.24) is 10.3 Å². The lowest BCUT2D eigenvalue weighted by Crippen LogP contribution is -2.27. The van der Waals surface area contributed by atoms with Crippen LogP contribution in [0.5, 0.6) is 0 Å². The Bertz CT molecular complexity index is 657. The third-order valence-electron chi connectivity index (χ3n) is 2.68. The summed E-state index contributed by atoms with van der Waals surface area (Å²) in [5.41, 5.74) is 1.31. The number of hydrogen-bond acceptors (Lipinski definition) is 3. The van der Waals surface area contributed by atoms with Crippen molar-refractivity contribution in [3.63, 3.8) is 0 Å². The van der Waals surface area contributed by atoms with Crippen LogP contribution in [0.3, 0.4) is 0 Å². The van der Waals surface area contributed by atoms with Crippen molar-refractivity contribution in [2.45, 2.75) is 13.0 Å². The highest BCUT2D eigenvalue weighted by molar-refractivity contribution is 6.35. The number of nitrogens with zero attached hydrogens (tertiary/aromatic N) is 1. The molecule has 0 aliphatic heterocycles. The first-order valence-electron chi connectivity index (χ1n) is 6.44. The summed E-state index contributed by atoms with van der Waals surface area (Å²) in [6, 6.07) is 8.27. The first-order valence-corrected chi connectivity index (χ1v) is 7.20. The van der Waals surface area contributed by atoms with Crippen molar-refractivity contribution in [3.8, 4) is 0 Å². The van der Waals surface area contributed by atoms with Crippen molar-refractivity contribution >= 4 is 40.7 Å². The van der Waals surface area contributed by atoms with E-state index in [0.29, 0.717) is 22.3 Å². The number of rotatable bonds is 5. The van der Waals surface area contributed by atoms with Gasteiger partial charge in [0.1, 0.15) is 6.42 Å². The van der Waals surface area contributed by atoms with Gasteiger partial charge in [0, 0.05) is 34.7 Å². The number of halogens is 2. The largest absolute Gasteiger partial charge is 0.352 e. The zero-order valence-corrected chi connectivity index (χ0v) is 13.0. The average molecular weight is 338 g/mol. The zero-order chi connectivity index (χ0) is 15.9. The molecule has 0 fully saturated rings. The van der Waals surface area contributed by atoms with Crippen LogP contribution in [0, 0.1) is 0 Å². The minimum Gasteiger partial charge on any atom is -0.352 e. The van der Waals surface area contributed by atoms with Gasteiger partial charge in [-0.05, 0) is 29.8 Å². The molecule has 0 bridgehead atoms. The van der Waals surface area contributed by atoms with Gasteiger partial charge in [-0.25, -0.2) is 0 Å². The normalized spacial score (nSPS) is 10.1. The minimum absolute atomic E-state index is 0.287. The lowest BCUT2D eigenvalue weighted by molar-refractivity contribution is -0.126. The average Bonchev–Trinajstić information content (AvgIpc) is 2.45. The lowest BCUT2D eigenvalue weighted by atomic mass is 10.2. The molecule has 2 amide bonds. The molecule has 2 aromatic rings. The van der Waals surface area contributed by atoms with E-state index in [9.17, 15) is 9.59 Å². The number of benzene rings is 1. The first-order chi connectivity index (χ1) is 10.5. The topological polar surface area (TPSA) is 71.1 Å². The van der Waals surface area contributed by atoms with Gasteiger partial charge in [-0.15, -0.1) is 0 Å². The third kappa shape index (κ3) is 5.35. The predicted octanol–water partition coefficient (Wildman–Crippen LogP) is 3.03. The van der Waals surface area contributed by atoms with E-state index in [4.69, 9.17) is 23.2 Å². The Morgan fingerprint density at radius 3 is 2.45 bits per heavy atom. The fraction of sp³-hybridized carbons (Fsp3) is 0.133. The van der Waals surface area contributed by atoms with Gasteiger partial charge in [-0.1, -0.05) is 29.3 Å². The number of pyridine rings is 1. The van der Waals surface area contributed by atoms with Crippen LogP contribution in [0.25, 0.3) is 0 Å². The molecule has 0 radical (unpaired) electrons. The predicted molar refractivity (Wildman–Crippen MR) is 85.8 cm³/mol. The summed E-state index contributed by atoms with van der Waals surface area (Å²) in [5, 5.41) is 6.03. The number of amides is 2. The number of hydrogen-bond donors (Lipinski definition) is 2. The van der Waals surface area contributed by atoms with E-state index in [2.05, 4.69) is 15.6 Å². The number of carbonyl (C=O) groups is 2. The second kappa shape index (κ2) is 7.77. The maximum Gasteiger partial charge on any atom is 0.233 e. The molecule has 0 saturated carbocycles. The molecule has 114 valence electrons. The number of carbonyl (C=O) groups excluding carboxylic acids is 2. The lowest BCUT2D eigenvalue weighted by Gasteiger charge is -2.07. The van der Waals surface area contributed by atoms with Gasteiger partial charge < -0.3 is 10.6 Å². The maximum absolute atomic E-state index is 11.8. The van der Waals surface area contributed by atoms with E-state index in [-0.39, 0.29) is 12.3 Å². The van der Waals surface area contributed by atoms with Crippen LogP contribution in [0.15, 0.2) is 42.7 Å². The van der Waals surface area contributed by atoms with Crippen molar-refractivity contribution in [3.05, 3.63) is 58.3 Å². The van der Waals surface area contributed by atoms with E-state index in [1.165, 1.54) is 0 Å². The highest BCUT2D eigenvalue weighted by Gasteiger charge is 2.10. The van der Waals surface area contributed by atoms with Gasteiger partial charge >= 0.3 is 0 Å². The Labute approximate surface area is 137 Å². The van der Waals surface area contributed by atoms with Crippen LogP contribution in [0.1, 0.15) is 12.0 Å². The van der Waals surface area contributed by atoms with Crippen molar-refractivity contribution < 1.29 is 9.59 Å².